The Bertz CT molecular complexity index is 1990. The first kappa shape index (κ1) is 24.8. The van der Waals surface area contributed by atoms with Gasteiger partial charge in [0.2, 0.25) is 5.91 Å². The third-order valence-corrected chi connectivity index (χ3v) is 7.02. The molecule has 3 aromatic carbocycles. The molecule has 6 aromatic rings. The van der Waals surface area contributed by atoms with Crippen LogP contribution in [0, 0.1) is 11.2 Å². The van der Waals surface area contributed by atoms with Gasteiger partial charge in [-0.3, -0.25) is 9.59 Å². The number of benzene rings is 3. The van der Waals surface area contributed by atoms with Crippen molar-refractivity contribution in [1.29, 1.82) is 0 Å². The molecule has 0 fully saturated rings. The highest BCUT2D eigenvalue weighted by Crippen LogP contribution is 2.38. The zero-order valence-corrected chi connectivity index (χ0v) is 22.1. The van der Waals surface area contributed by atoms with Crippen molar-refractivity contribution in [1.82, 2.24) is 19.9 Å². The minimum Gasteiger partial charge on any atom is -0.337 e. The molecule has 6 rings (SSSR count). The summed E-state index contributed by atoms with van der Waals surface area (Å²) in [6.07, 6.45) is 3.18. The lowest BCUT2D eigenvalue weighted by Crippen LogP contribution is -2.28. The van der Waals surface area contributed by atoms with Crippen molar-refractivity contribution in [2.24, 2.45) is 5.41 Å². The number of aromatic nitrogens is 4. The van der Waals surface area contributed by atoms with Crippen LogP contribution in [0.15, 0.2) is 71.8 Å². The van der Waals surface area contributed by atoms with E-state index in [9.17, 15) is 14.0 Å². The van der Waals surface area contributed by atoms with Gasteiger partial charge in [-0.2, -0.15) is 0 Å². The molecule has 0 saturated heterocycles. The minimum atomic E-state index is -0.604. The fourth-order valence-corrected chi connectivity index (χ4v) is 4.97. The highest BCUT2D eigenvalue weighted by atomic mass is 35.5. The average Bonchev–Trinajstić information content (AvgIpc) is 3.33. The van der Waals surface area contributed by atoms with E-state index in [2.05, 4.69) is 25.3 Å². The van der Waals surface area contributed by atoms with Crippen LogP contribution in [0.25, 0.3) is 55.1 Å². The van der Waals surface area contributed by atoms with E-state index in [1.807, 2.05) is 45.0 Å². The van der Waals surface area contributed by atoms with Crippen LogP contribution in [0.1, 0.15) is 20.8 Å². The molecule has 3 aromatic heterocycles. The molecule has 0 unspecified atom stereocenters. The molecule has 9 heteroatoms. The summed E-state index contributed by atoms with van der Waals surface area (Å²) >= 11 is 6.33. The van der Waals surface area contributed by atoms with Gasteiger partial charge in [0.05, 0.1) is 27.0 Å². The Morgan fingerprint density at radius 3 is 2.62 bits per heavy atom. The number of fused-ring (bicyclic) bond motifs is 6. The monoisotopic (exact) mass is 539 g/mol. The van der Waals surface area contributed by atoms with E-state index in [4.69, 9.17) is 11.6 Å². The number of nitrogens with zero attached hydrogens (tertiary/aromatic N) is 2. The van der Waals surface area contributed by atoms with Gasteiger partial charge < -0.3 is 15.3 Å². The lowest BCUT2D eigenvalue weighted by Gasteiger charge is -2.19. The SMILES string of the molecule is CC(C)(C)C(=O)Nc1ncccc1-c1ccc2c(c1)c1c(=O)[nH]ccc1c1nc(-c3c(F)cccc3Cl)[nH]c21. The maximum atomic E-state index is 14.8. The van der Waals surface area contributed by atoms with Gasteiger partial charge >= 0.3 is 0 Å². The number of pyridine rings is 2. The third kappa shape index (κ3) is 4.13. The number of nitrogens with one attached hydrogen (secondary N) is 3. The molecule has 3 heterocycles. The van der Waals surface area contributed by atoms with Crippen LogP contribution >= 0.6 is 11.6 Å². The van der Waals surface area contributed by atoms with E-state index >= 15 is 0 Å². The van der Waals surface area contributed by atoms with Crippen LogP contribution < -0.4 is 10.9 Å². The number of carbonyl (C=O) groups is 1. The number of halogens is 2. The molecule has 0 saturated carbocycles. The number of aromatic amines is 2. The third-order valence-electron chi connectivity index (χ3n) is 6.71. The van der Waals surface area contributed by atoms with Gasteiger partial charge in [-0.15, -0.1) is 0 Å². The van der Waals surface area contributed by atoms with Crippen molar-refractivity contribution in [3.05, 3.63) is 88.2 Å². The fraction of sp³-hybridized carbons (Fsp3) is 0.133. The number of H-pyrrole nitrogens is 2. The maximum absolute atomic E-state index is 14.8. The first-order valence-electron chi connectivity index (χ1n) is 12.3. The number of carbonyl (C=O) groups excluding carboxylic acids is 1. The summed E-state index contributed by atoms with van der Waals surface area (Å²) in [5.74, 6) is 0.0279. The topological polar surface area (TPSA) is 104 Å². The fourth-order valence-electron chi connectivity index (χ4n) is 4.72. The zero-order valence-electron chi connectivity index (χ0n) is 21.3. The Labute approximate surface area is 227 Å². The first-order chi connectivity index (χ1) is 18.6. The Balaban J connectivity index is 1.62. The van der Waals surface area contributed by atoms with E-state index in [0.29, 0.717) is 38.6 Å². The quantitative estimate of drug-likeness (QED) is 0.209. The Kier molecular flexibility index (Phi) is 5.73. The Morgan fingerprint density at radius 2 is 1.85 bits per heavy atom. The number of amides is 1. The van der Waals surface area contributed by atoms with Crippen LogP contribution in [0.4, 0.5) is 10.2 Å². The highest BCUT2D eigenvalue weighted by molar-refractivity contribution is 6.33. The van der Waals surface area contributed by atoms with Crippen LogP contribution in [-0.4, -0.2) is 25.8 Å². The van der Waals surface area contributed by atoms with Gasteiger partial charge in [0.15, 0.2) is 0 Å². The Hall–Kier alpha value is -4.56. The van der Waals surface area contributed by atoms with Gasteiger partial charge in [0.25, 0.3) is 5.56 Å². The largest absolute Gasteiger partial charge is 0.337 e. The van der Waals surface area contributed by atoms with Crippen LogP contribution in [-0.2, 0) is 4.79 Å². The minimum absolute atomic E-state index is 0.160. The summed E-state index contributed by atoms with van der Waals surface area (Å²) in [4.78, 5) is 41.0. The van der Waals surface area contributed by atoms with Crippen molar-refractivity contribution >= 4 is 55.9 Å². The Morgan fingerprint density at radius 1 is 1.03 bits per heavy atom. The van der Waals surface area contributed by atoms with E-state index in [1.165, 1.54) is 12.1 Å². The van der Waals surface area contributed by atoms with Crippen molar-refractivity contribution in [2.45, 2.75) is 20.8 Å². The van der Waals surface area contributed by atoms with Gasteiger partial charge in [0.1, 0.15) is 17.5 Å². The number of rotatable bonds is 3. The molecule has 7 nitrogen and oxygen atoms in total. The summed E-state index contributed by atoms with van der Waals surface area (Å²) in [5.41, 5.74) is 1.93. The van der Waals surface area contributed by atoms with Crippen molar-refractivity contribution in [2.75, 3.05) is 5.32 Å². The van der Waals surface area contributed by atoms with Crippen LogP contribution in [0.5, 0.6) is 0 Å². The second kappa shape index (κ2) is 9.03. The summed E-state index contributed by atoms with van der Waals surface area (Å²) < 4.78 is 14.8. The smallest absolute Gasteiger partial charge is 0.256 e. The first-order valence-corrected chi connectivity index (χ1v) is 12.7. The number of imidazole rings is 1. The number of hydrogen-bond acceptors (Lipinski definition) is 4. The molecule has 0 radical (unpaired) electrons. The molecule has 0 aliphatic carbocycles. The average molecular weight is 540 g/mol. The predicted molar refractivity (Wildman–Crippen MR) is 153 cm³/mol. The number of hydrogen-bond donors (Lipinski definition) is 3. The van der Waals surface area contributed by atoms with Gasteiger partial charge in [-0.1, -0.05) is 50.6 Å². The molecule has 194 valence electrons. The van der Waals surface area contributed by atoms with Crippen molar-refractivity contribution in [3.8, 4) is 22.5 Å². The summed E-state index contributed by atoms with van der Waals surface area (Å²) in [6, 6.07) is 15.6. The number of anilines is 1. The zero-order chi connectivity index (χ0) is 27.5. The molecule has 0 atom stereocenters. The standard InChI is InChI=1S/C30H23ClFN5O2/c1-30(2,3)29(39)37-26-16(6-5-12-33-26)15-9-10-17-19(14-15)22-18(11-13-34-28(22)38)25-24(17)35-27(36-25)23-20(31)7-4-8-21(23)32/h4-14H,1-3H3,(H,34,38)(H,35,36)(H,33,37,39). The molecule has 1 amide bonds. The van der Waals surface area contributed by atoms with Gasteiger partial charge in [-0.25, -0.2) is 14.4 Å². The second-order valence-corrected chi connectivity index (χ2v) is 10.8. The van der Waals surface area contributed by atoms with E-state index in [1.54, 1.807) is 30.6 Å². The van der Waals surface area contributed by atoms with Crippen molar-refractivity contribution in [3.63, 3.8) is 0 Å². The molecule has 0 aliphatic rings. The molecule has 0 bridgehead atoms. The lowest BCUT2D eigenvalue weighted by molar-refractivity contribution is -0.123. The van der Waals surface area contributed by atoms with E-state index < -0.39 is 11.2 Å². The highest BCUT2D eigenvalue weighted by Gasteiger charge is 2.23. The molecular weight excluding hydrogens is 517 g/mol. The predicted octanol–water partition coefficient (Wildman–Crippen LogP) is 7.06. The summed E-state index contributed by atoms with van der Waals surface area (Å²) in [5, 5.41) is 5.61. The normalized spacial score (nSPS) is 11.9. The van der Waals surface area contributed by atoms with Crippen molar-refractivity contribution < 1.29 is 9.18 Å². The summed E-state index contributed by atoms with van der Waals surface area (Å²) in [7, 11) is 0. The molecule has 3 N–H and O–H groups in total. The second-order valence-electron chi connectivity index (χ2n) is 10.4. The molecule has 0 spiro atoms. The van der Waals surface area contributed by atoms with Crippen LogP contribution in [0.2, 0.25) is 5.02 Å². The van der Waals surface area contributed by atoms with E-state index in [0.717, 1.165) is 10.9 Å². The lowest BCUT2D eigenvalue weighted by atomic mass is 9.95. The van der Waals surface area contributed by atoms with E-state index in [-0.39, 0.29) is 27.9 Å². The molecule has 39 heavy (non-hydrogen) atoms. The van der Waals surface area contributed by atoms with Gasteiger partial charge in [-0.05, 0) is 47.3 Å². The van der Waals surface area contributed by atoms with Gasteiger partial charge in [0, 0.05) is 34.1 Å². The molecular formula is C30H23ClFN5O2. The van der Waals surface area contributed by atoms with Crippen LogP contribution in [0.3, 0.4) is 0 Å². The maximum Gasteiger partial charge on any atom is 0.256 e. The summed E-state index contributed by atoms with van der Waals surface area (Å²) in [6.45, 7) is 5.49. The molecule has 0 aliphatic heterocycles.